The smallest absolute Gasteiger partial charge is 0.179 e. The summed E-state index contributed by atoms with van der Waals surface area (Å²) in [7, 11) is 0. The maximum atomic E-state index is 9.47. The summed E-state index contributed by atoms with van der Waals surface area (Å²) in [6, 6.07) is 0.194. The van der Waals surface area contributed by atoms with E-state index in [1.165, 1.54) is 0 Å². The molecule has 1 rings (SSSR count). The van der Waals surface area contributed by atoms with Crippen molar-refractivity contribution in [1.29, 1.82) is 5.26 Å². The fraction of sp³-hybridized carbons (Fsp3) is 0.857. The molecule has 1 N–H and O–H groups in total. The van der Waals surface area contributed by atoms with Gasteiger partial charge in [-0.2, -0.15) is 5.26 Å². The van der Waals surface area contributed by atoms with Crippen molar-refractivity contribution in [3.8, 4) is 6.19 Å². The first-order chi connectivity index (χ1) is 4.55. The molecule has 3 nitrogen and oxygen atoms in total. The van der Waals surface area contributed by atoms with E-state index in [4.69, 9.17) is 5.26 Å². The summed E-state index contributed by atoms with van der Waals surface area (Å²) in [6.07, 6.45) is 2.74. The van der Waals surface area contributed by atoms with Gasteiger partial charge in [-0.15, -0.1) is 0 Å². The summed E-state index contributed by atoms with van der Waals surface area (Å²) in [6.45, 7) is 4.19. The molecule has 0 aromatic heterocycles. The molecule has 3 heteroatoms. The van der Waals surface area contributed by atoms with Crippen molar-refractivity contribution in [2.45, 2.75) is 31.9 Å². The van der Waals surface area contributed by atoms with E-state index in [1.54, 1.807) is 11.8 Å². The highest BCUT2D eigenvalue weighted by Crippen LogP contribution is 2.24. The zero-order valence-electron chi connectivity index (χ0n) is 6.33. The van der Waals surface area contributed by atoms with Crippen LogP contribution in [0.25, 0.3) is 0 Å². The van der Waals surface area contributed by atoms with Crippen molar-refractivity contribution >= 4 is 0 Å². The molecule has 0 aromatic carbocycles. The Hall–Kier alpha value is -0.750. The number of nitriles is 1. The van der Waals surface area contributed by atoms with Crippen LogP contribution in [-0.4, -0.2) is 28.2 Å². The number of hydrogen-bond acceptors (Lipinski definition) is 3. The molecule has 56 valence electrons. The SMILES string of the molecule is CC1C[C@](C)(O)CN1C#N. The molecular formula is C7H12N2O. The van der Waals surface area contributed by atoms with Gasteiger partial charge in [0, 0.05) is 6.04 Å². The van der Waals surface area contributed by atoms with Gasteiger partial charge in [0.2, 0.25) is 0 Å². The van der Waals surface area contributed by atoms with Crippen LogP contribution in [0, 0.1) is 11.5 Å². The molecule has 10 heavy (non-hydrogen) atoms. The summed E-state index contributed by atoms with van der Waals surface area (Å²) in [4.78, 5) is 1.61. The molecule has 0 aromatic rings. The fourth-order valence-corrected chi connectivity index (χ4v) is 1.47. The normalized spacial score (nSPS) is 39.8. The summed E-state index contributed by atoms with van der Waals surface area (Å²) in [5.74, 6) is 0. The topological polar surface area (TPSA) is 47.3 Å². The van der Waals surface area contributed by atoms with Gasteiger partial charge >= 0.3 is 0 Å². The van der Waals surface area contributed by atoms with Crippen LogP contribution in [0.15, 0.2) is 0 Å². The summed E-state index contributed by atoms with van der Waals surface area (Å²) >= 11 is 0. The largest absolute Gasteiger partial charge is 0.388 e. The van der Waals surface area contributed by atoms with E-state index in [-0.39, 0.29) is 6.04 Å². The molecule has 0 spiro atoms. The minimum absolute atomic E-state index is 0.194. The first-order valence-corrected chi connectivity index (χ1v) is 3.44. The van der Waals surface area contributed by atoms with Crippen molar-refractivity contribution < 1.29 is 5.11 Å². The fourth-order valence-electron chi connectivity index (χ4n) is 1.47. The van der Waals surface area contributed by atoms with Crippen molar-refractivity contribution in [3.63, 3.8) is 0 Å². The highest BCUT2D eigenvalue weighted by Gasteiger charge is 2.36. The number of hydrogen-bond donors (Lipinski definition) is 1. The second-order valence-electron chi connectivity index (χ2n) is 3.28. The van der Waals surface area contributed by atoms with Gasteiger partial charge in [-0.25, -0.2) is 0 Å². The molecule has 1 saturated heterocycles. The van der Waals surface area contributed by atoms with E-state index >= 15 is 0 Å². The highest BCUT2D eigenvalue weighted by atomic mass is 16.3. The maximum absolute atomic E-state index is 9.47. The van der Waals surface area contributed by atoms with Gasteiger partial charge in [0.1, 0.15) is 0 Å². The van der Waals surface area contributed by atoms with Gasteiger partial charge in [0.15, 0.2) is 6.19 Å². The number of β-amino-alcohol motifs (C(OH)–C–C–N with tert-alkyl or cyclic N) is 1. The average Bonchev–Trinajstić information content (AvgIpc) is 2.05. The van der Waals surface area contributed by atoms with Crippen molar-refractivity contribution in [2.24, 2.45) is 0 Å². The molecular weight excluding hydrogens is 128 g/mol. The van der Waals surface area contributed by atoms with Crippen LogP contribution < -0.4 is 0 Å². The third kappa shape index (κ3) is 1.22. The van der Waals surface area contributed by atoms with Gasteiger partial charge in [-0.05, 0) is 20.3 Å². The third-order valence-electron chi connectivity index (χ3n) is 1.91. The monoisotopic (exact) mass is 140 g/mol. The second-order valence-corrected chi connectivity index (χ2v) is 3.28. The van der Waals surface area contributed by atoms with E-state index in [2.05, 4.69) is 0 Å². The minimum atomic E-state index is -0.658. The minimum Gasteiger partial charge on any atom is -0.388 e. The summed E-state index contributed by atoms with van der Waals surface area (Å²) in [5.41, 5.74) is -0.658. The Labute approximate surface area is 60.9 Å². The molecule has 2 atom stereocenters. The van der Waals surface area contributed by atoms with Gasteiger partial charge in [-0.1, -0.05) is 0 Å². The second kappa shape index (κ2) is 2.14. The van der Waals surface area contributed by atoms with Gasteiger partial charge in [-0.3, -0.25) is 0 Å². The predicted molar refractivity (Wildman–Crippen MR) is 37.0 cm³/mol. The van der Waals surface area contributed by atoms with Gasteiger partial charge in [0.25, 0.3) is 0 Å². The third-order valence-corrected chi connectivity index (χ3v) is 1.91. The van der Waals surface area contributed by atoms with Gasteiger partial charge in [0.05, 0.1) is 12.1 Å². The Bertz CT molecular complexity index is 171. The summed E-state index contributed by atoms with van der Waals surface area (Å²) < 4.78 is 0. The molecule has 1 aliphatic heterocycles. The van der Waals surface area contributed by atoms with E-state index < -0.39 is 5.60 Å². The first-order valence-electron chi connectivity index (χ1n) is 3.44. The molecule has 1 aliphatic rings. The lowest BCUT2D eigenvalue weighted by Crippen LogP contribution is -2.27. The van der Waals surface area contributed by atoms with Crippen molar-refractivity contribution in [1.82, 2.24) is 4.90 Å². The maximum Gasteiger partial charge on any atom is 0.179 e. The number of nitrogens with zero attached hydrogens (tertiary/aromatic N) is 2. The molecule has 0 saturated carbocycles. The molecule has 1 fully saturated rings. The van der Waals surface area contributed by atoms with Crippen LogP contribution in [0.1, 0.15) is 20.3 Å². The number of likely N-dealkylation sites (tertiary alicyclic amines) is 1. The quantitative estimate of drug-likeness (QED) is 0.493. The Kier molecular flexibility index (Phi) is 1.57. The zero-order valence-corrected chi connectivity index (χ0v) is 6.33. The Morgan fingerprint density at radius 3 is 2.60 bits per heavy atom. The van der Waals surface area contributed by atoms with Crippen molar-refractivity contribution in [2.75, 3.05) is 6.54 Å². The first kappa shape index (κ1) is 7.36. The van der Waals surface area contributed by atoms with Gasteiger partial charge < -0.3 is 10.0 Å². The lowest BCUT2D eigenvalue weighted by Gasteiger charge is -2.13. The van der Waals surface area contributed by atoms with E-state index in [9.17, 15) is 5.11 Å². The lowest BCUT2D eigenvalue weighted by molar-refractivity contribution is 0.0739. The molecule has 0 aliphatic carbocycles. The molecule has 0 bridgehead atoms. The number of rotatable bonds is 0. The lowest BCUT2D eigenvalue weighted by atomic mass is 10.0. The van der Waals surface area contributed by atoms with Crippen LogP contribution in [0.2, 0.25) is 0 Å². The number of aliphatic hydroxyl groups is 1. The van der Waals surface area contributed by atoms with Crippen LogP contribution in [-0.2, 0) is 0 Å². The predicted octanol–water partition coefficient (Wildman–Crippen LogP) is 0.313. The highest BCUT2D eigenvalue weighted by molar-refractivity contribution is 4.96. The molecule has 1 heterocycles. The van der Waals surface area contributed by atoms with Crippen LogP contribution >= 0.6 is 0 Å². The van der Waals surface area contributed by atoms with Crippen molar-refractivity contribution in [3.05, 3.63) is 0 Å². The van der Waals surface area contributed by atoms with E-state index in [0.717, 1.165) is 0 Å². The molecule has 0 amide bonds. The van der Waals surface area contributed by atoms with Crippen LogP contribution in [0.5, 0.6) is 0 Å². The van der Waals surface area contributed by atoms with Crippen LogP contribution in [0.3, 0.4) is 0 Å². The standard InChI is InChI=1S/C7H12N2O/c1-6-3-7(2,10)4-9(6)5-8/h6,10H,3-4H2,1-2H3/t6?,7-/m0/s1. The molecule has 1 unspecified atom stereocenters. The zero-order chi connectivity index (χ0) is 7.78. The Morgan fingerprint density at radius 2 is 2.40 bits per heavy atom. The summed E-state index contributed by atoms with van der Waals surface area (Å²) in [5, 5.41) is 18.0. The van der Waals surface area contributed by atoms with Crippen LogP contribution in [0.4, 0.5) is 0 Å². The Morgan fingerprint density at radius 1 is 1.80 bits per heavy atom. The van der Waals surface area contributed by atoms with E-state index in [1.807, 2.05) is 13.1 Å². The molecule has 0 radical (unpaired) electrons. The Balaban J connectivity index is 2.63. The average molecular weight is 140 g/mol. The van der Waals surface area contributed by atoms with E-state index in [0.29, 0.717) is 13.0 Å².